The number of H-pyrrole nitrogens is 1. The summed E-state index contributed by atoms with van der Waals surface area (Å²) in [6.07, 6.45) is 2.73. The molecule has 0 amide bonds. The molecule has 7 nitrogen and oxygen atoms in total. The molecule has 1 saturated heterocycles. The number of fused-ring (bicyclic) bond motifs is 1. The molecule has 1 aliphatic rings. The van der Waals surface area contributed by atoms with E-state index in [1.165, 1.54) is 5.56 Å². The van der Waals surface area contributed by atoms with Crippen molar-refractivity contribution in [2.45, 2.75) is 26.0 Å². The van der Waals surface area contributed by atoms with E-state index in [2.05, 4.69) is 43.9 Å². The minimum atomic E-state index is -0.0983. The summed E-state index contributed by atoms with van der Waals surface area (Å²) in [5, 5.41) is 15.5. The minimum Gasteiger partial charge on any atom is -0.368 e. The quantitative estimate of drug-likeness (QED) is 0.750. The molecule has 0 radical (unpaired) electrons. The van der Waals surface area contributed by atoms with E-state index in [4.69, 9.17) is 9.26 Å². The highest BCUT2D eigenvalue weighted by atomic mass is 16.5. The Bertz CT molecular complexity index is 796. The van der Waals surface area contributed by atoms with E-state index in [0.717, 1.165) is 37.0 Å². The van der Waals surface area contributed by atoms with Gasteiger partial charge in [-0.1, -0.05) is 17.3 Å². The van der Waals surface area contributed by atoms with Crippen LogP contribution in [-0.4, -0.2) is 33.5 Å². The third-order valence-corrected chi connectivity index (χ3v) is 4.24. The second-order valence-corrected chi connectivity index (χ2v) is 5.94. The Labute approximate surface area is 133 Å². The van der Waals surface area contributed by atoms with E-state index in [9.17, 15) is 0 Å². The number of aryl methyl sites for hydroxylation is 1. The van der Waals surface area contributed by atoms with Crippen molar-refractivity contribution in [2.75, 3.05) is 13.2 Å². The van der Waals surface area contributed by atoms with Crippen molar-refractivity contribution < 1.29 is 9.26 Å². The van der Waals surface area contributed by atoms with E-state index >= 15 is 0 Å². The summed E-state index contributed by atoms with van der Waals surface area (Å²) in [6, 6.07) is 6.33. The van der Waals surface area contributed by atoms with Crippen molar-refractivity contribution in [3.05, 3.63) is 41.7 Å². The van der Waals surface area contributed by atoms with E-state index < -0.39 is 0 Å². The van der Waals surface area contributed by atoms with Gasteiger partial charge in [-0.05, 0) is 25.0 Å². The van der Waals surface area contributed by atoms with Gasteiger partial charge in [0, 0.05) is 31.0 Å². The van der Waals surface area contributed by atoms with Crippen molar-refractivity contribution in [1.29, 1.82) is 0 Å². The molecule has 1 fully saturated rings. The normalized spacial score (nSPS) is 21.3. The van der Waals surface area contributed by atoms with Gasteiger partial charge in [0.2, 0.25) is 0 Å². The van der Waals surface area contributed by atoms with Gasteiger partial charge in [0.1, 0.15) is 6.10 Å². The zero-order valence-corrected chi connectivity index (χ0v) is 13.0. The Hall–Kier alpha value is -2.25. The predicted molar refractivity (Wildman–Crippen MR) is 83.6 cm³/mol. The Morgan fingerprint density at radius 3 is 3.22 bits per heavy atom. The number of nitrogens with one attached hydrogen (secondary N) is 2. The van der Waals surface area contributed by atoms with Gasteiger partial charge in [-0.25, -0.2) is 0 Å². The van der Waals surface area contributed by atoms with Gasteiger partial charge in [-0.15, -0.1) is 0 Å². The highest BCUT2D eigenvalue weighted by molar-refractivity contribution is 5.78. The Kier molecular flexibility index (Phi) is 3.80. The van der Waals surface area contributed by atoms with Crippen molar-refractivity contribution in [1.82, 2.24) is 25.7 Å². The third-order valence-electron chi connectivity index (χ3n) is 4.24. The van der Waals surface area contributed by atoms with Crippen LogP contribution in [0.4, 0.5) is 0 Å². The average molecular weight is 313 g/mol. The summed E-state index contributed by atoms with van der Waals surface area (Å²) in [7, 11) is 0. The van der Waals surface area contributed by atoms with Crippen LogP contribution >= 0.6 is 0 Å². The van der Waals surface area contributed by atoms with Crippen LogP contribution in [-0.2, 0) is 11.3 Å². The predicted octanol–water partition coefficient (Wildman–Crippen LogP) is 2.12. The maximum absolute atomic E-state index is 5.77. The molecule has 23 heavy (non-hydrogen) atoms. The van der Waals surface area contributed by atoms with E-state index in [1.807, 2.05) is 13.1 Å². The molecule has 120 valence electrons. The lowest BCUT2D eigenvalue weighted by atomic mass is 10.0. The van der Waals surface area contributed by atoms with Crippen molar-refractivity contribution >= 4 is 10.9 Å². The van der Waals surface area contributed by atoms with Crippen molar-refractivity contribution in [2.24, 2.45) is 5.92 Å². The average Bonchev–Trinajstić information content (AvgIpc) is 3.26. The lowest BCUT2D eigenvalue weighted by Gasteiger charge is -2.15. The van der Waals surface area contributed by atoms with Gasteiger partial charge in [0.05, 0.1) is 11.7 Å². The summed E-state index contributed by atoms with van der Waals surface area (Å²) in [5.74, 6) is 1.59. The zero-order chi connectivity index (χ0) is 15.6. The molecule has 1 aliphatic heterocycles. The fourth-order valence-corrected chi connectivity index (χ4v) is 3.04. The van der Waals surface area contributed by atoms with Crippen LogP contribution in [0, 0.1) is 12.8 Å². The molecule has 0 aliphatic carbocycles. The number of rotatable bonds is 5. The summed E-state index contributed by atoms with van der Waals surface area (Å²) in [5.41, 5.74) is 2.29. The van der Waals surface area contributed by atoms with Gasteiger partial charge >= 0.3 is 0 Å². The number of benzene rings is 1. The summed E-state index contributed by atoms with van der Waals surface area (Å²) < 4.78 is 11.0. The topological polar surface area (TPSA) is 88.9 Å². The SMILES string of the molecule is Cc1noc([C@H]2OCC[C@H]2CNCc2ccc3cn[nH]c3c2)n1. The van der Waals surface area contributed by atoms with Gasteiger partial charge in [-0.2, -0.15) is 10.1 Å². The van der Waals surface area contributed by atoms with Crippen molar-refractivity contribution in [3.63, 3.8) is 0 Å². The molecule has 2 atom stereocenters. The highest BCUT2D eigenvalue weighted by Gasteiger charge is 2.33. The maximum Gasteiger partial charge on any atom is 0.256 e. The van der Waals surface area contributed by atoms with Gasteiger partial charge in [-0.3, -0.25) is 5.10 Å². The van der Waals surface area contributed by atoms with Gasteiger partial charge in [0.15, 0.2) is 5.82 Å². The van der Waals surface area contributed by atoms with Gasteiger partial charge in [0.25, 0.3) is 5.89 Å². The first-order valence-electron chi connectivity index (χ1n) is 7.84. The molecular weight excluding hydrogens is 294 g/mol. The number of hydrogen-bond donors (Lipinski definition) is 2. The molecule has 7 heteroatoms. The van der Waals surface area contributed by atoms with Crippen molar-refractivity contribution in [3.8, 4) is 0 Å². The molecule has 2 aromatic heterocycles. The van der Waals surface area contributed by atoms with Crippen LogP contribution < -0.4 is 5.32 Å². The zero-order valence-electron chi connectivity index (χ0n) is 13.0. The van der Waals surface area contributed by atoms with Crippen LogP contribution in [0.25, 0.3) is 10.9 Å². The second-order valence-electron chi connectivity index (χ2n) is 5.94. The molecule has 0 unspecified atom stereocenters. The number of aromatic amines is 1. The largest absolute Gasteiger partial charge is 0.368 e. The standard InChI is InChI=1S/C16H19N5O2/c1-10-19-16(23-21-10)15-13(4-5-22-15)8-17-7-11-2-3-12-9-18-20-14(12)6-11/h2-3,6,9,13,15,17H,4-5,7-8H2,1H3,(H,18,20)/t13-,15-/m0/s1. The summed E-state index contributed by atoms with van der Waals surface area (Å²) in [6.45, 7) is 4.22. The first-order valence-corrected chi connectivity index (χ1v) is 7.84. The van der Waals surface area contributed by atoms with E-state index in [1.54, 1.807) is 0 Å². The molecule has 2 N–H and O–H groups in total. The minimum absolute atomic E-state index is 0.0983. The Morgan fingerprint density at radius 1 is 1.39 bits per heavy atom. The Morgan fingerprint density at radius 2 is 2.35 bits per heavy atom. The first kappa shape index (κ1) is 14.3. The van der Waals surface area contributed by atoms with Crippen LogP contribution in [0.2, 0.25) is 0 Å². The van der Waals surface area contributed by atoms with Crippen LogP contribution in [0.1, 0.15) is 29.8 Å². The lowest BCUT2D eigenvalue weighted by molar-refractivity contribution is 0.0623. The monoisotopic (exact) mass is 313 g/mol. The second kappa shape index (κ2) is 6.10. The molecule has 0 saturated carbocycles. The smallest absolute Gasteiger partial charge is 0.256 e. The fourth-order valence-electron chi connectivity index (χ4n) is 3.04. The van der Waals surface area contributed by atoms with E-state index in [-0.39, 0.29) is 6.10 Å². The lowest BCUT2D eigenvalue weighted by Crippen LogP contribution is -2.24. The number of aromatic nitrogens is 4. The number of nitrogens with zero attached hydrogens (tertiary/aromatic N) is 3. The first-order chi connectivity index (χ1) is 11.3. The molecule has 4 rings (SSSR count). The highest BCUT2D eigenvalue weighted by Crippen LogP contribution is 2.33. The molecule has 3 heterocycles. The molecule has 3 aromatic rings. The molecule has 1 aromatic carbocycles. The van der Waals surface area contributed by atoms with Crippen LogP contribution in [0.15, 0.2) is 28.9 Å². The summed E-state index contributed by atoms with van der Waals surface area (Å²) >= 11 is 0. The van der Waals surface area contributed by atoms with E-state index in [0.29, 0.717) is 17.6 Å². The fraction of sp³-hybridized carbons (Fsp3) is 0.438. The van der Waals surface area contributed by atoms with Gasteiger partial charge < -0.3 is 14.6 Å². The molecule has 0 bridgehead atoms. The summed E-state index contributed by atoms with van der Waals surface area (Å²) in [4.78, 5) is 4.30. The number of hydrogen-bond acceptors (Lipinski definition) is 6. The maximum atomic E-state index is 5.77. The Balaban J connectivity index is 1.36. The molecular formula is C16H19N5O2. The van der Waals surface area contributed by atoms with Crippen LogP contribution in [0.3, 0.4) is 0 Å². The third kappa shape index (κ3) is 2.97. The van der Waals surface area contributed by atoms with Crippen LogP contribution in [0.5, 0.6) is 0 Å². The number of ether oxygens (including phenoxy) is 1. The molecule has 0 spiro atoms.